The van der Waals surface area contributed by atoms with Gasteiger partial charge in [-0.05, 0) is 12.1 Å². The molecule has 6 heteroatoms. The Balaban J connectivity index is 2.70. The second-order valence-corrected chi connectivity index (χ2v) is 2.66. The van der Waals surface area contributed by atoms with Crippen molar-refractivity contribution in [3.8, 4) is 0 Å². The average Bonchev–Trinajstić information content (AvgIpc) is 2.59. The molecule has 5 nitrogen and oxygen atoms in total. The van der Waals surface area contributed by atoms with Crippen LogP contribution < -0.4 is 5.73 Å². The van der Waals surface area contributed by atoms with Crippen LogP contribution in [0.5, 0.6) is 0 Å². The van der Waals surface area contributed by atoms with Gasteiger partial charge in [0.1, 0.15) is 5.82 Å². The number of amidine groups is 1. The summed E-state index contributed by atoms with van der Waals surface area (Å²) >= 11 is 0. The Morgan fingerprint density at radius 1 is 1.57 bits per heavy atom. The standard InChI is InChI=1S/C8H6FN3O2/c9-4-1-2-5-6(3-4)14-12-7(5)8(10)11-13/h1-3,13H,(H2,10,11). The molecular weight excluding hydrogens is 189 g/mol. The summed E-state index contributed by atoms with van der Waals surface area (Å²) in [5.41, 5.74) is 5.78. The predicted octanol–water partition coefficient (Wildman–Crippen LogP) is 1.06. The first-order valence-electron chi connectivity index (χ1n) is 3.75. The summed E-state index contributed by atoms with van der Waals surface area (Å²) < 4.78 is 17.5. The van der Waals surface area contributed by atoms with Crippen LogP contribution in [0.25, 0.3) is 11.0 Å². The van der Waals surface area contributed by atoms with Crippen molar-refractivity contribution in [3.05, 3.63) is 29.7 Å². The Morgan fingerprint density at radius 3 is 3.07 bits per heavy atom. The van der Waals surface area contributed by atoms with E-state index in [1.165, 1.54) is 18.2 Å². The van der Waals surface area contributed by atoms with Gasteiger partial charge >= 0.3 is 0 Å². The van der Waals surface area contributed by atoms with E-state index in [0.717, 1.165) is 0 Å². The fourth-order valence-corrected chi connectivity index (χ4v) is 1.14. The van der Waals surface area contributed by atoms with Crippen LogP contribution in [0.2, 0.25) is 0 Å². The van der Waals surface area contributed by atoms with Crippen molar-refractivity contribution < 1.29 is 14.1 Å². The van der Waals surface area contributed by atoms with Crippen LogP contribution in [0.1, 0.15) is 5.69 Å². The highest BCUT2D eigenvalue weighted by atomic mass is 19.1. The van der Waals surface area contributed by atoms with E-state index >= 15 is 0 Å². The maximum absolute atomic E-state index is 12.7. The lowest BCUT2D eigenvalue weighted by atomic mass is 10.2. The highest BCUT2D eigenvalue weighted by molar-refractivity contribution is 6.05. The van der Waals surface area contributed by atoms with Crippen molar-refractivity contribution >= 4 is 16.8 Å². The predicted molar refractivity (Wildman–Crippen MR) is 46.5 cm³/mol. The highest BCUT2D eigenvalue weighted by Gasteiger charge is 2.12. The largest absolute Gasteiger partial charge is 0.409 e. The molecule has 0 saturated heterocycles. The number of fused-ring (bicyclic) bond motifs is 1. The van der Waals surface area contributed by atoms with E-state index in [9.17, 15) is 4.39 Å². The molecule has 0 aliphatic carbocycles. The van der Waals surface area contributed by atoms with E-state index in [-0.39, 0.29) is 17.1 Å². The fraction of sp³-hybridized carbons (Fsp3) is 0. The van der Waals surface area contributed by atoms with Crippen molar-refractivity contribution in [2.24, 2.45) is 10.9 Å². The zero-order chi connectivity index (χ0) is 10.1. The van der Waals surface area contributed by atoms with Gasteiger partial charge in [0.2, 0.25) is 0 Å². The van der Waals surface area contributed by atoms with Gasteiger partial charge in [-0.25, -0.2) is 4.39 Å². The van der Waals surface area contributed by atoms with E-state index in [1.54, 1.807) is 0 Å². The maximum atomic E-state index is 12.7. The minimum atomic E-state index is -0.431. The first-order valence-corrected chi connectivity index (χ1v) is 3.75. The van der Waals surface area contributed by atoms with Crippen molar-refractivity contribution in [2.45, 2.75) is 0 Å². The summed E-state index contributed by atoms with van der Waals surface area (Å²) in [6, 6.07) is 3.87. The Morgan fingerprint density at radius 2 is 2.36 bits per heavy atom. The molecule has 1 aromatic carbocycles. The van der Waals surface area contributed by atoms with Gasteiger partial charge in [0.05, 0.1) is 5.39 Å². The van der Waals surface area contributed by atoms with E-state index in [4.69, 9.17) is 15.5 Å². The second kappa shape index (κ2) is 2.99. The van der Waals surface area contributed by atoms with E-state index < -0.39 is 5.82 Å². The van der Waals surface area contributed by atoms with Gasteiger partial charge in [-0.2, -0.15) is 0 Å². The molecule has 1 aromatic heterocycles. The van der Waals surface area contributed by atoms with Crippen molar-refractivity contribution in [1.29, 1.82) is 0 Å². The molecule has 0 unspecified atom stereocenters. The van der Waals surface area contributed by atoms with Gasteiger partial charge in [0, 0.05) is 6.07 Å². The number of aromatic nitrogens is 1. The monoisotopic (exact) mass is 195 g/mol. The molecule has 0 saturated carbocycles. The SMILES string of the molecule is N/C(=N\O)c1noc2cc(F)ccc12. The number of hydrogen-bond donors (Lipinski definition) is 2. The van der Waals surface area contributed by atoms with E-state index in [2.05, 4.69) is 10.3 Å². The minimum Gasteiger partial charge on any atom is -0.409 e. The van der Waals surface area contributed by atoms with Gasteiger partial charge in [-0.3, -0.25) is 0 Å². The molecule has 0 aliphatic rings. The molecule has 72 valence electrons. The molecule has 3 N–H and O–H groups in total. The molecule has 1 heterocycles. The third-order valence-corrected chi connectivity index (χ3v) is 1.78. The Bertz CT molecular complexity index is 506. The van der Waals surface area contributed by atoms with Gasteiger partial charge in [0.25, 0.3) is 0 Å². The zero-order valence-corrected chi connectivity index (χ0v) is 6.94. The average molecular weight is 195 g/mol. The van der Waals surface area contributed by atoms with Crippen LogP contribution in [-0.2, 0) is 0 Å². The molecule has 0 bridgehead atoms. The molecule has 2 aromatic rings. The van der Waals surface area contributed by atoms with Gasteiger partial charge < -0.3 is 15.5 Å². The summed E-state index contributed by atoms with van der Waals surface area (Å²) in [5, 5.41) is 15.3. The van der Waals surface area contributed by atoms with Crippen LogP contribution >= 0.6 is 0 Å². The molecule has 0 spiro atoms. The van der Waals surface area contributed by atoms with E-state index in [1.807, 2.05) is 0 Å². The van der Waals surface area contributed by atoms with Gasteiger partial charge in [-0.1, -0.05) is 10.3 Å². The van der Waals surface area contributed by atoms with Crippen LogP contribution in [-0.4, -0.2) is 16.2 Å². The number of benzene rings is 1. The lowest BCUT2D eigenvalue weighted by Crippen LogP contribution is -2.13. The molecule has 0 radical (unpaired) electrons. The first kappa shape index (κ1) is 8.49. The summed E-state index contributed by atoms with van der Waals surface area (Å²) in [5.74, 6) is -0.602. The quantitative estimate of drug-likeness (QED) is 0.308. The van der Waals surface area contributed by atoms with Crippen molar-refractivity contribution in [1.82, 2.24) is 5.16 Å². The number of nitrogens with zero attached hydrogens (tertiary/aromatic N) is 2. The number of nitrogens with two attached hydrogens (primary N) is 1. The molecule has 0 aliphatic heterocycles. The number of hydrogen-bond acceptors (Lipinski definition) is 4. The van der Waals surface area contributed by atoms with Gasteiger partial charge in [-0.15, -0.1) is 0 Å². The van der Waals surface area contributed by atoms with Crippen LogP contribution in [0.4, 0.5) is 4.39 Å². The van der Waals surface area contributed by atoms with Crippen molar-refractivity contribution in [2.75, 3.05) is 0 Å². The smallest absolute Gasteiger partial charge is 0.192 e. The maximum Gasteiger partial charge on any atom is 0.192 e. The number of halogens is 1. The van der Waals surface area contributed by atoms with Crippen LogP contribution in [0, 0.1) is 5.82 Å². The van der Waals surface area contributed by atoms with Gasteiger partial charge in [0.15, 0.2) is 17.1 Å². The third-order valence-electron chi connectivity index (χ3n) is 1.78. The van der Waals surface area contributed by atoms with E-state index in [0.29, 0.717) is 5.39 Å². The molecule has 0 amide bonds. The number of rotatable bonds is 1. The highest BCUT2D eigenvalue weighted by Crippen LogP contribution is 2.18. The summed E-state index contributed by atoms with van der Waals surface area (Å²) in [6.07, 6.45) is 0. The fourth-order valence-electron chi connectivity index (χ4n) is 1.14. The first-order chi connectivity index (χ1) is 6.72. The normalized spacial score (nSPS) is 12.2. The zero-order valence-electron chi connectivity index (χ0n) is 6.94. The molecule has 0 atom stereocenters. The lowest BCUT2D eigenvalue weighted by molar-refractivity contribution is 0.318. The lowest BCUT2D eigenvalue weighted by Gasteiger charge is -1.91. The summed E-state index contributed by atoms with van der Waals surface area (Å²) in [4.78, 5) is 0. The Hall–Kier alpha value is -2.11. The molecular formula is C8H6FN3O2. The second-order valence-electron chi connectivity index (χ2n) is 2.66. The summed E-state index contributed by atoms with van der Waals surface area (Å²) in [6.45, 7) is 0. The topological polar surface area (TPSA) is 84.6 Å². The van der Waals surface area contributed by atoms with Crippen molar-refractivity contribution in [3.63, 3.8) is 0 Å². The third kappa shape index (κ3) is 1.17. The molecule has 0 fully saturated rings. The minimum absolute atomic E-state index is 0.171. The Kier molecular flexibility index (Phi) is 1.81. The Labute approximate surface area is 77.6 Å². The molecule has 14 heavy (non-hydrogen) atoms. The summed E-state index contributed by atoms with van der Waals surface area (Å²) in [7, 11) is 0. The van der Waals surface area contributed by atoms with Crippen LogP contribution in [0.3, 0.4) is 0 Å². The molecule has 2 rings (SSSR count). The van der Waals surface area contributed by atoms with Crippen LogP contribution in [0.15, 0.2) is 27.9 Å². The number of oxime groups is 1.